The summed E-state index contributed by atoms with van der Waals surface area (Å²) >= 11 is 1.59. The molecule has 0 radical (unpaired) electrons. The number of nitrogens with one attached hydrogen (secondary N) is 1. The number of ether oxygens (including phenoxy) is 1. The molecule has 2 rings (SSSR count). The number of aromatic nitrogens is 1. The summed E-state index contributed by atoms with van der Waals surface area (Å²) in [6, 6.07) is 0. The average Bonchev–Trinajstić information content (AvgIpc) is 2.85. The van der Waals surface area contributed by atoms with Crippen molar-refractivity contribution in [2.45, 2.75) is 12.3 Å². The summed E-state index contributed by atoms with van der Waals surface area (Å²) in [7, 11) is 1.43. The van der Waals surface area contributed by atoms with Crippen LogP contribution < -0.4 is 5.32 Å². The van der Waals surface area contributed by atoms with Gasteiger partial charge in [-0.05, 0) is 0 Å². The van der Waals surface area contributed by atoms with E-state index in [1.807, 2.05) is 5.38 Å². The molecule has 2 heterocycles. The molecule has 15 heavy (non-hydrogen) atoms. The third-order valence-corrected chi connectivity index (χ3v) is 4.07. The molecule has 1 aromatic rings. The molecule has 0 bridgehead atoms. The van der Waals surface area contributed by atoms with E-state index in [1.165, 1.54) is 7.11 Å². The average molecular weight is 226 g/mol. The molecule has 1 fully saturated rings. The zero-order valence-electron chi connectivity index (χ0n) is 8.82. The number of hydrogen-bond acceptors (Lipinski definition) is 5. The summed E-state index contributed by atoms with van der Waals surface area (Å²) < 4.78 is 4.83. The lowest BCUT2D eigenvalue weighted by Crippen LogP contribution is -2.36. The number of rotatable bonds is 2. The fourth-order valence-electron chi connectivity index (χ4n) is 2.04. The first-order valence-electron chi connectivity index (χ1n) is 4.87. The van der Waals surface area contributed by atoms with Crippen molar-refractivity contribution in [2.75, 3.05) is 20.2 Å². The normalized spacial score (nSPS) is 30.4. The van der Waals surface area contributed by atoms with Gasteiger partial charge in [0.25, 0.3) is 0 Å². The molecule has 0 aliphatic carbocycles. The highest BCUT2D eigenvalue weighted by Gasteiger charge is 2.46. The summed E-state index contributed by atoms with van der Waals surface area (Å²) in [5.41, 5.74) is -0.221. The number of carbonyl (C=O) groups is 1. The van der Waals surface area contributed by atoms with E-state index in [1.54, 1.807) is 17.5 Å². The Morgan fingerprint density at radius 3 is 3.20 bits per heavy atom. The Balaban J connectivity index is 2.30. The molecule has 1 N–H and O–H groups in total. The molecule has 2 unspecified atom stereocenters. The van der Waals surface area contributed by atoms with Crippen molar-refractivity contribution in [1.29, 1.82) is 0 Å². The first-order valence-corrected chi connectivity index (χ1v) is 5.75. The monoisotopic (exact) mass is 226 g/mol. The maximum Gasteiger partial charge on any atom is 0.310 e. The first-order chi connectivity index (χ1) is 7.18. The quantitative estimate of drug-likeness (QED) is 0.758. The maximum absolute atomic E-state index is 11.6. The molecule has 0 aromatic carbocycles. The molecule has 0 saturated carbocycles. The smallest absolute Gasteiger partial charge is 0.310 e. The van der Waals surface area contributed by atoms with E-state index >= 15 is 0 Å². The number of nitrogens with zero attached hydrogens (tertiary/aromatic N) is 1. The number of carbonyl (C=O) groups excluding carboxylic acids is 1. The van der Waals surface area contributed by atoms with Crippen molar-refractivity contribution in [2.24, 2.45) is 5.92 Å². The van der Waals surface area contributed by atoms with Gasteiger partial charge in [0.15, 0.2) is 0 Å². The van der Waals surface area contributed by atoms with Gasteiger partial charge in [-0.2, -0.15) is 0 Å². The van der Waals surface area contributed by atoms with Gasteiger partial charge in [0.1, 0.15) is 5.01 Å². The summed E-state index contributed by atoms with van der Waals surface area (Å²) in [6.07, 6.45) is 1.78. The molecule has 2 atom stereocenters. The summed E-state index contributed by atoms with van der Waals surface area (Å²) in [6.45, 7) is 3.51. The van der Waals surface area contributed by atoms with Gasteiger partial charge >= 0.3 is 5.97 Å². The van der Waals surface area contributed by atoms with Crippen LogP contribution in [0, 0.1) is 5.92 Å². The van der Waals surface area contributed by atoms with E-state index in [0.29, 0.717) is 6.54 Å². The number of esters is 1. The van der Waals surface area contributed by atoms with Crippen LogP contribution in [0.3, 0.4) is 0 Å². The van der Waals surface area contributed by atoms with Crippen molar-refractivity contribution in [3.05, 3.63) is 16.6 Å². The highest BCUT2D eigenvalue weighted by atomic mass is 32.1. The molecule has 82 valence electrons. The summed E-state index contributed by atoms with van der Waals surface area (Å²) in [5, 5.41) is 6.17. The molecule has 1 saturated heterocycles. The van der Waals surface area contributed by atoms with E-state index in [9.17, 15) is 4.79 Å². The van der Waals surface area contributed by atoms with Crippen molar-refractivity contribution in [3.8, 4) is 0 Å². The molecule has 1 aliphatic heterocycles. The zero-order valence-corrected chi connectivity index (χ0v) is 9.63. The zero-order chi connectivity index (χ0) is 10.9. The van der Waals surface area contributed by atoms with Crippen LogP contribution in [-0.2, 0) is 14.9 Å². The fourth-order valence-corrected chi connectivity index (χ4v) is 2.90. The Morgan fingerprint density at radius 1 is 1.80 bits per heavy atom. The molecule has 1 aromatic heterocycles. The third kappa shape index (κ3) is 1.66. The predicted molar refractivity (Wildman–Crippen MR) is 57.8 cm³/mol. The van der Waals surface area contributed by atoms with E-state index < -0.39 is 0 Å². The number of hydrogen-bond donors (Lipinski definition) is 1. The van der Waals surface area contributed by atoms with Gasteiger partial charge in [-0.25, -0.2) is 4.98 Å². The summed E-state index contributed by atoms with van der Waals surface area (Å²) in [4.78, 5) is 15.9. The Kier molecular flexibility index (Phi) is 2.75. The lowest BCUT2D eigenvalue weighted by Gasteiger charge is -2.26. The number of methoxy groups -OCH3 is 1. The number of thiazole rings is 1. The molecule has 5 heteroatoms. The Labute approximate surface area is 92.7 Å². The highest BCUT2D eigenvalue weighted by molar-refractivity contribution is 7.09. The van der Waals surface area contributed by atoms with Gasteiger partial charge in [0.05, 0.1) is 13.0 Å². The van der Waals surface area contributed by atoms with E-state index in [4.69, 9.17) is 4.74 Å². The van der Waals surface area contributed by atoms with Crippen molar-refractivity contribution in [1.82, 2.24) is 10.3 Å². The van der Waals surface area contributed by atoms with Crippen LogP contribution in [-0.4, -0.2) is 31.2 Å². The minimum Gasteiger partial charge on any atom is -0.469 e. The van der Waals surface area contributed by atoms with Crippen molar-refractivity contribution in [3.63, 3.8) is 0 Å². The van der Waals surface area contributed by atoms with Crippen LogP contribution in [0.2, 0.25) is 0 Å². The van der Waals surface area contributed by atoms with Crippen LogP contribution in [0.5, 0.6) is 0 Å². The lowest BCUT2D eigenvalue weighted by atomic mass is 9.80. The Morgan fingerprint density at radius 2 is 2.60 bits per heavy atom. The van der Waals surface area contributed by atoms with Crippen LogP contribution >= 0.6 is 11.3 Å². The lowest BCUT2D eigenvalue weighted by molar-refractivity contribution is -0.146. The van der Waals surface area contributed by atoms with E-state index in [0.717, 1.165) is 11.6 Å². The molecule has 0 spiro atoms. The van der Waals surface area contributed by atoms with Crippen molar-refractivity contribution < 1.29 is 9.53 Å². The van der Waals surface area contributed by atoms with Gasteiger partial charge in [-0.15, -0.1) is 11.3 Å². The van der Waals surface area contributed by atoms with Gasteiger partial charge < -0.3 is 10.1 Å². The topological polar surface area (TPSA) is 51.2 Å². The van der Waals surface area contributed by atoms with Crippen LogP contribution in [0.4, 0.5) is 0 Å². The second-order valence-corrected chi connectivity index (χ2v) is 4.86. The molecular weight excluding hydrogens is 212 g/mol. The van der Waals surface area contributed by atoms with Gasteiger partial charge in [-0.3, -0.25) is 4.79 Å². The summed E-state index contributed by atoms with van der Waals surface area (Å²) in [5.74, 6) is -0.286. The predicted octanol–water partition coefficient (Wildman–Crippen LogP) is 0.793. The van der Waals surface area contributed by atoms with E-state index in [-0.39, 0.29) is 17.3 Å². The van der Waals surface area contributed by atoms with Gasteiger partial charge in [0.2, 0.25) is 0 Å². The fraction of sp³-hybridized carbons (Fsp3) is 0.600. The minimum atomic E-state index is -0.221. The Bertz CT molecular complexity index is 352. The van der Waals surface area contributed by atoms with Crippen molar-refractivity contribution >= 4 is 17.3 Å². The molecule has 0 amide bonds. The molecular formula is C10H14N2O2S. The van der Waals surface area contributed by atoms with Gasteiger partial charge in [0, 0.05) is 30.1 Å². The maximum atomic E-state index is 11.6. The van der Waals surface area contributed by atoms with Crippen LogP contribution in [0.25, 0.3) is 0 Å². The van der Waals surface area contributed by atoms with Gasteiger partial charge in [-0.1, -0.05) is 6.92 Å². The second kappa shape index (κ2) is 3.90. The molecule has 4 nitrogen and oxygen atoms in total. The SMILES string of the molecule is COC(=O)C1CNCC1(C)c1nccs1. The molecule has 1 aliphatic rings. The first kappa shape index (κ1) is 10.6. The van der Waals surface area contributed by atoms with E-state index in [2.05, 4.69) is 17.2 Å². The largest absolute Gasteiger partial charge is 0.469 e. The second-order valence-electron chi connectivity index (χ2n) is 3.96. The standard InChI is InChI=1S/C10H14N2O2S/c1-10(9-12-3-4-15-9)6-11-5-7(10)8(13)14-2/h3-4,7,11H,5-6H2,1-2H3. The highest BCUT2D eigenvalue weighted by Crippen LogP contribution is 2.36. The minimum absolute atomic E-state index is 0.131. The third-order valence-electron chi connectivity index (χ3n) is 3.02. The Hall–Kier alpha value is -0.940. The van der Waals surface area contributed by atoms with Crippen LogP contribution in [0.1, 0.15) is 11.9 Å². The van der Waals surface area contributed by atoms with Crippen LogP contribution in [0.15, 0.2) is 11.6 Å².